The van der Waals surface area contributed by atoms with E-state index in [9.17, 15) is 4.79 Å². The summed E-state index contributed by atoms with van der Waals surface area (Å²) >= 11 is 0. The fourth-order valence-electron chi connectivity index (χ4n) is 4.76. The molecule has 1 aromatic carbocycles. The van der Waals surface area contributed by atoms with Crippen LogP contribution in [0.2, 0.25) is 0 Å². The molecule has 0 amide bonds. The van der Waals surface area contributed by atoms with E-state index < -0.39 is 0 Å². The normalized spacial score (nSPS) is 24.5. The number of benzene rings is 1. The third kappa shape index (κ3) is 6.90. The largest absolute Gasteiger partial charge is 0.493 e. The van der Waals surface area contributed by atoms with Gasteiger partial charge in [-0.3, -0.25) is 0 Å². The van der Waals surface area contributed by atoms with Crippen LogP contribution in [0, 0.1) is 5.92 Å². The average molecular weight is 399 g/mol. The minimum absolute atomic E-state index is 0.0731. The highest BCUT2D eigenvalue weighted by atomic mass is 16.6. The van der Waals surface area contributed by atoms with Crippen molar-refractivity contribution in [3.63, 3.8) is 0 Å². The van der Waals surface area contributed by atoms with Gasteiger partial charge in [-0.2, -0.15) is 0 Å². The Morgan fingerprint density at radius 1 is 1.00 bits per heavy atom. The van der Waals surface area contributed by atoms with Gasteiger partial charge in [0, 0.05) is 18.4 Å². The molecule has 0 N–H and O–H groups in total. The molecule has 0 spiro atoms. The van der Waals surface area contributed by atoms with Crippen LogP contribution < -0.4 is 4.74 Å². The lowest BCUT2D eigenvalue weighted by atomic mass is 9.77. The summed E-state index contributed by atoms with van der Waals surface area (Å²) in [6.45, 7) is 6.57. The summed E-state index contributed by atoms with van der Waals surface area (Å²) in [6.07, 6.45) is 15.2. The molecule has 1 aliphatic carbocycles. The zero-order valence-corrected chi connectivity index (χ0v) is 18.2. The highest BCUT2D eigenvalue weighted by molar-refractivity contribution is 5.89. The SMILES string of the molecule is C=C1CC(CCOc2ccc(C3CCC(CCCCCCC)CC3)cc2)OC1=O. The molecule has 1 unspecified atom stereocenters. The number of esters is 1. The van der Waals surface area contributed by atoms with Crippen LogP contribution in [0.15, 0.2) is 36.4 Å². The van der Waals surface area contributed by atoms with E-state index >= 15 is 0 Å². The van der Waals surface area contributed by atoms with Crippen molar-refractivity contribution in [2.45, 2.75) is 96.0 Å². The van der Waals surface area contributed by atoms with Gasteiger partial charge in [-0.15, -0.1) is 0 Å². The van der Waals surface area contributed by atoms with Crippen molar-refractivity contribution in [1.29, 1.82) is 0 Å². The molecule has 0 bridgehead atoms. The predicted molar refractivity (Wildman–Crippen MR) is 118 cm³/mol. The molecule has 1 saturated heterocycles. The summed E-state index contributed by atoms with van der Waals surface area (Å²) in [5.74, 6) is 2.31. The van der Waals surface area contributed by atoms with Gasteiger partial charge in [-0.05, 0) is 55.2 Å². The number of rotatable bonds is 11. The van der Waals surface area contributed by atoms with Crippen molar-refractivity contribution in [3.05, 3.63) is 42.0 Å². The van der Waals surface area contributed by atoms with E-state index in [1.54, 1.807) is 0 Å². The van der Waals surface area contributed by atoms with Crippen LogP contribution in [0.4, 0.5) is 0 Å². The fourth-order valence-corrected chi connectivity index (χ4v) is 4.76. The Labute approximate surface area is 176 Å². The van der Waals surface area contributed by atoms with Crippen LogP contribution in [-0.4, -0.2) is 18.7 Å². The third-order valence-electron chi connectivity index (χ3n) is 6.66. The first-order valence-corrected chi connectivity index (χ1v) is 11.8. The maximum Gasteiger partial charge on any atom is 0.333 e. The molecule has 160 valence electrons. The Kier molecular flexibility index (Phi) is 8.64. The topological polar surface area (TPSA) is 35.5 Å². The number of carbonyl (C=O) groups excluding carboxylic acids is 1. The van der Waals surface area contributed by atoms with Gasteiger partial charge in [0.25, 0.3) is 0 Å². The standard InChI is InChI=1S/C26H38O3/c1-3-4-5-6-7-8-21-9-11-22(12-10-21)23-13-15-24(16-14-23)28-18-17-25-19-20(2)26(27)29-25/h13-16,21-22,25H,2-12,17-19H2,1H3. The maximum absolute atomic E-state index is 11.4. The second kappa shape index (κ2) is 11.4. The van der Waals surface area contributed by atoms with Crippen molar-refractivity contribution in [3.8, 4) is 5.75 Å². The van der Waals surface area contributed by atoms with Gasteiger partial charge in [0.1, 0.15) is 11.9 Å². The number of carbonyl (C=O) groups is 1. The van der Waals surface area contributed by atoms with E-state index in [2.05, 4.69) is 37.8 Å². The lowest BCUT2D eigenvalue weighted by Gasteiger charge is -2.29. The lowest BCUT2D eigenvalue weighted by molar-refractivity contribution is -0.139. The Morgan fingerprint density at radius 2 is 1.72 bits per heavy atom. The molecular weight excluding hydrogens is 360 g/mol. The van der Waals surface area contributed by atoms with Gasteiger partial charge >= 0.3 is 5.97 Å². The molecule has 2 aliphatic rings. The van der Waals surface area contributed by atoms with E-state index in [1.165, 1.54) is 69.8 Å². The summed E-state index contributed by atoms with van der Waals surface area (Å²) in [4.78, 5) is 11.4. The highest BCUT2D eigenvalue weighted by Crippen LogP contribution is 2.38. The minimum atomic E-state index is -0.259. The van der Waals surface area contributed by atoms with Crippen LogP contribution in [0.3, 0.4) is 0 Å². The van der Waals surface area contributed by atoms with Crippen LogP contribution in [0.25, 0.3) is 0 Å². The van der Waals surface area contributed by atoms with Crippen molar-refractivity contribution >= 4 is 5.97 Å². The summed E-state index contributed by atoms with van der Waals surface area (Å²) in [5.41, 5.74) is 2.03. The smallest absolute Gasteiger partial charge is 0.333 e. The van der Waals surface area contributed by atoms with Crippen LogP contribution in [0.1, 0.15) is 95.5 Å². The molecule has 1 aromatic rings. The molecule has 3 nitrogen and oxygen atoms in total. The molecule has 2 fully saturated rings. The first-order chi connectivity index (χ1) is 14.2. The van der Waals surface area contributed by atoms with Crippen LogP contribution >= 0.6 is 0 Å². The Morgan fingerprint density at radius 3 is 2.38 bits per heavy atom. The second-order valence-electron chi connectivity index (χ2n) is 8.96. The second-order valence-corrected chi connectivity index (χ2v) is 8.96. The summed E-state index contributed by atoms with van der Waals surface area (Å²) in [5, 5.41) is 0. The molecule has 0 aromatic heterocycles. The fraction of sp³-hybridized carbons (Fsp3) is 0.654. The molecule has 1 saturated carbocycles. The van der Waals surface area contributed by atoms with Crippen molar-refractivity contribution in [2.24, 2.45) is 5.92 Å². The molecule has 29 heavy (non-hydrogen) atoms. The van der Waals surface area contributed by atoms with Gasteiger partial charge in [-0.25, -0.2) is 4.79 Å². The number of cyclic esters (lactones) is 1. The minimum Gasteiger partial charge on any atom is -0.493 e. The van der Waals surface area contributed by atoms with Gasteiger partial charge in [0.2, 0.25) is 0 Å². The number of hydrogen-bond donors (Lipinski definition) is 0. The Balaban J connectivity index is 1.33. The average Bonchev–Trinajstić information content (AvgIpc) is 3.06. The molecule has 0 radical (unpaired) electrons. The number of unbranched alkanes of at least 4 members (excludes halogenated alkanes) is 4. The van der Waals surface area contributed by atoms with E-state index in [-0.39, 0.29) is 12.1 Å². The monoisotopic (exact) mass is 398 g/mol. The zero-order valence-electron chi connectivity index (χ0n) is 18.2. The van der Waals surface area contributed by atoms with Gasteiger partial charge in [0.15, 0.2) is 0 Å². The third-order valence-corrected chi connectivity index (χ3v) is 6.66. The van der Waals surface area contributed by atoms with Gasteiger partial charge in [0.05, 0.1) is 6.61 Å². The lowest BCUT2D eigenvalue weighted by Crippen LogP contribution is -2.13. The van der Waals surface area contributed by atoms with Crippen LogP contribution in [-0.2, 0) is 9.53 Å². The molecule has 1 aliphatic heterocycles. The summed E-state index contributed by atoms with van der Waals surface area (Å²) < 4.78 is 11.1. The highest BCUT2D eigenvalue weighted by Gasteiger charge is 2.27. The quantitative estimate of drug-likeness (QED) is 0.229. The molecule has 1 heterocycles. The molecule has 3 heteroatoms. The number of ether oxygens (including phenoxy) is 2. The van der Waals surface area contributed by atoms with Crippen molar-refractivity contribution < 1.29 is 14.3 Å². The molecule has 1 atom stereocenters. The Bertz CT molecular complexity index is 624. The first kappa shape index (κ1) is 21.9. The van der Waals surface area contributed by atoms with E-state index in [0.717, 1.165) is 18.1 Å². The summed E-state index contributed by atoms with van der Waals surface area (Å²) in [6, 6.07) is 8.66. The summed E-state index contributed by atoms with van der Waals surface area (Å²) in [7, 11) is 0. The zero-order chi connectivity index (χ0) is 20.5. The van der Waals surface area contributed by atoms with Gasteiger partial charge in [-0.1, -0.05) is 64.2 Å². The molecule has 3 rings (SSSR count). The van der Waals surface area contributed by atoms with Gasteiger partial charge < -0.3 is 9.47 Å². The van der Waals surface area contributed by atoms with Crippen LogP contribution in [0.5, 0.6) is 5.75 Å². The van der Waals surface area contributed by atoms with Crippen molar-refractivity contribution in [2.75, 3.05) is 6.61 Å². The first-order valence-electron chi connectivity index (χ1n) is 11.8. The number of hydrogen-bond acceptors (Lipinski definition) is 3. The van der Waals surface area contributed by atoms with E-state index in [4.69, 9.17) is 9.47 Å². The Hall–Kier alpha value is -1.77. The maximum atomic E-state index is 11.4. The molecular formula is C26H38O3. The van der Waals surface area contributed by atoms with E-state index in [0.29, 0.717) is 24.5 Å². The predicted octanol–water partition coefficient (Wildman–Crippen LogP) is 6.96. The van der Waals surface area contributed by atoms with E-state index in [1.807, 2.05) is 0 Å². The van der Waals surface area contributed by atoms with Crippen molar-refractivity contribution in [1.82, 2.24) is 0 Å².